The second-order valence-corrected chi connectivity index (χ2v) is 7.19. The highest BCUT2D eigenvalue weighted by Crippen LogP contribution is 2.22. The van der Waals surface area contributed by atoms with Gasteiger partial charge >= 0.3 is 6.09 Å². The SMILES string of the molecule is CC1=C(NC(C)c2ccccc2)CCN(C(=O)OC(C)(C)C)C1. The van der Waals surface area contributed by atoms with Crippen molar-refractivity contribution in [1.82, 2.24) is 10.2 Å². The van der Waals surface area contributed by atoms with E-state index in [1.54, 1.807) is 4.90 Å². The molecule has 1 N–H and O–H groups in total. The fourth-order valence-electron chi connectivity index (χ4n) is 2.69. The van der Waals surface area contributed by atoms with Gasteiger partial charge in [0.15, 0.2) is 0 Å². The van der Waals surface area contributed by atoms with Gasteiger partial charge in [-0.05, 0) is 45.8 Å². The molecule has 23 heavy (non-hydrogen) atoms. The predicted molar refractivity (Wildman–Crippen MR) is 93.1 cm³/mol. The molecule has 1 atom stereocenters. The number of carbonyl (C=O) groups is 1. The molecule has 0 aromatic heterocycles. The number of benzene rings is 1. The van der Waals surface area contributed by atoms with E-state index in [4.69, 9.17) is 4.74 Å². The quantitative estimate of drug-likeness (QED) is 0.906. The van der Waals surface area contributed by atoms with Crippen LogP contribution in [0.25, 0.3) is 0 Å². The first-order valence-corrected chi connectivity index (χ1v) is 8.24. The van der Waals surface area contributed by atoms with Gasteiger partial charge in [0, 0.05) is 31.2 Å². The van der Waals surface area contributed by atoms with E-state index in [1.807, 2.05) is 26.8 Å². The number of hydrogen-bond acceptors (Lipinski definition) is 3. The van der Waals surface area contributed by atoms with Gasteiger partial charge < -0.3 is 15.0 Å². The summed E-state index contributed by atoms with van der Waals surface area (Å²) in [6, 6.07) is 10.7. The highest BCUT2D eigenvalue weighted by Gasteiger charge is 2.26. The summed E-state index contributed by atoms with van der Waals surface area (Å²) in [6.07, 6.45) is 0.606. The molecule has 0 aliphatic carbocycles. The Kier molecular flexibility index (Phi) is 5.34. The monoisotopic (exact) mass is 316 g/mol. The summed E-state index contributed by atoms with van der Waals surface area (Å²) in [7, 11) is 0. The van der Waals surface area contributed by atoms with Crippen molar-refractivity contribution < 1.29 is 9.53 Å². The van der Waals surface area contributed by atoms with E-state index in [1.165, 1.54) is 16.8 Å². The van der Waals surface area contributed by atoms with Gasteiger partial charge in [0.1, 0.15) is 5.60 Å². The Morgan fingerprint density at radius 3 is 2.48 bits per heavy atom. The van der Waals surface area contributed by atoms with Crippen LogP contribution in [0.15, 0.2) is 41.6 Å². The van der Waals surface area contributed by atoms with Crippen LogP contribution in [0.2, 0.25) is 0 Å². The van der Waals surface area contributed by atoms with Crippen molar-refractivity contribution in [3.63, 3.8) is 0 Å². The maximum absolute atomic E-state index is 12.2. The molecule has 0 saturated heterocycles. The lowest BCUT2D eigenvalue weighted by Gasteiger charge is -2.33. The van der Waals surface area contributed by atoms with Crippen LogP contribution in [0.4, 0.5) is 4.79 Å². The van der Waals surface area contributed by atoms with Crippen LogP contribution in [-0.4, -0.2) is 29.7 Å². The standard InChI is InChI=1S/C19H28N2O2/c1-14-13-21(18(22)23-19(3,4)5)12-11-17(14)20-15(2)16-9-7-6-8-10-16/h6-10,15,20H,11-13H2,1-5H3. The molecule has 1 aromatic rings. The van der Waals surface area contributed by atoms with Crippen molar-refractivity contribution in [3.8, 4) is 0 Å². The van der Waals surface area contributed by atoms with E-state index >= 15 is 0 Å². The minimum absolute atomic E-state index is 0.230. The normalized spacial score (nSPS) is 17.0. The third kappa shape index (κ3) is 5.02. The Morgan fingerprint density at radius 1 is 1.26 bits per heavy atom. The third-order valence-corrected chi connectivity index (χ3v) is 3.92. The van der Waals surface area contributed by atoms with Crippen LogP contribution >= 0.6 is 0 Å². The second kappa shape index (κ2) is 7.07. The van der Waals surface area contributed by atoms with Gasteiger partial charge in [-0.25, -0.2) is 4.79 Å². The molecule has 4 nitrogen and oxygen atoms in total. The van der Waals surface area contributed by atoms with Gasteiger partial charge in [-0.15, -0.1) is 0 Å². The number of carbonyl (C=O) groups excluding carboxylic acids is 1. The average molecular weight is 316 g/mol. The third-order valence-electron chi connectivity index (χ3n) is 3.92. The summed E-state index contributed by atoms with van der Waals surface area (Å²) < 4.78 is 5.46. The molecule has 0 bridgehead atoms. The van der Waals surface area contributed by atoms with Crippen molar-refractivity contribution in [2.45, 2.75) is 52.7 Å². The first kappa shape index (κ1) is 17.4. The summed E-state index contributed by atoms with van der Waals surface area (Å²) in [5, 5.41) is 3.59. The minimum Gasteiger partial charge on any atom is -0.444 e. The fraction of sp³-hybridized carbons (Fsp3) is 0.526. The van der Waals surface area contributed by atoms with E-state index < -0.39 is 5.60 Å². The number of amides is 1. The lowest BCUT2D eigenvalue weighted by Crippen LogP contribution is -2.42. The van der Waals surface area contributed by atoms with Crippen LogP contribution in [-0.2, 0) is 4.74 Å². The van der Waals surface area contributed by atoms with Crippen molar-refractivity contribution in [1.29, 1.82) is 0 Å². The highest BCUT2D eigenvalue weighted by atomic mass is 16.6. The summed E-state index contributed by atoms with van der Waals surface area (Å²) in [5.41, 5.74) is 3.25. The average Bonchev–Trinajstić information content (AvgIpc) is 2.48. The zero-order valence-electron chi connectivity index (χ0n) is 14.8. The molecule has 1 aromatic carbocycles. The largest absolute Gasteiger partial charge is 0.444 e. The Morgan fingerprint density at radius 2 is 1.91 bits per heavy atom. The Labute approximate surface area is 139 Å². The first-order chi connectivity index (χ1) is 10.8. The topological polar surface area (TPSA) is 41.6 Å². The van der Waals surface area contributed by atoms with Gasteiger partial charge in [-0.3, -0.25) is 0 Å². The fourth-order valence-corrected chi connectivity index (χ4v) is 2.69. The van der Waals surface area contributed by atoms with Gasteiger partial charge in [0.25, 0.3) is 0 Å². The van der Waals surface area contributed by atoms with Crippen molar-refractivity contribution in [2.24, 2.45) is 0 Å². The van der Waals surface area contributed by atoms with Gasteiger partial charge in [-0.1, -0.05) is 30.3 Å². The molecular formula is C19H28N2O2. The van der Waals surface area contributed by atoms with Crippen molar-refractivity contribution in [2.75, 3.05) is 13.1 Å². The predicted octanol–water partition coefficient (Wildman–Crippen LogP) is 4.25. The molecule has 1 aliphatic rings. The van der Waals surface area contributed by atoms with Gasteiger partial charge in [0.05, 0.1) is 0 Å². The highest BCUT2D eigenvalue weighted by molar-refractivity contribution is 5.68. The smallest absolute Gasteiger partial charge is 0.410 e. The first-order valence-electron chi connectivity index (χ1n) is 8.24. The number of ether oxygens (including phenoxy) is 1. The van der Waals surface area contributed by atoms with Crippen molar-refractivity contribution >= 4 is 6.09 Å². The maximum Gasteiger partial charge on any atom is 0.410 e. The van der Waals surface area contributed by atoms with Gasteiger partial charge in [-0.2, -0.15) is 0 Å². The van der Waals surface area contributed by atoms with Crippen molar-refractivity contribution in [3.05, 3.63) is 47.2 Å². The summed E-state index contributed by atoms with van der Waals surface area (Å²) in [6.45, 7) is 11.2. The second-order valence-electron chi connectivity index (χ2n) is 7.19. The van der Waals surface area contributed by atoms with E-state index in [0.29, 0.717) is 13.1 Å². The van der Waals surface area contributed by atoms with Crippen LogP contribution in [0.5, 0.6) is 0 Å². The molecule has 0 fully saturated rings. The van der Waals surface area contributed by atoms with E-state index in [2.05, 4.69) is 43.4 Å². The number of hydrogen-bond donors (Lipinski definition) is 1. The van der Waals surface area contributed by atoms with Gasteiger partial charge in [0.2, 0.25) is 0 Å². The minimum atomic E-state index is -0.449. The van der Waals surface area contributed by atoms with E-state index in [9.17, 15) is 4.79 Å². The lowest BCUT2D eigenvalue weighted by atomic mass is 10.0. The Bertz CT molecular complexity index is 573. The number of rotatable bonds is 3. The summed E-state index contributed by atoms with van der Waals surface area (Å²) >= 11 is 0. The molecule has 126 valence electrons. The molecule has 1 heterocycles. The number of nitrogens with one attached hydrogen (secondary N) is 1. The maximum atomic E-state index is 12.2. The molecular weight excluding hydrogens is 288 g/mol. The Hall–Kier alpha value is -1.97. The molecule has 0 spiro atoms. The van der Waals surface area contributed by atoms with E-state index in [-0.39, 0.29) is 12.1 Å². The van der Waals surface area contributed by atoms with E-state index in [0.717, 1.165) is 6.42 Å². The van der Waals surface area contributed by atoms with Crippen LogP contribution in [0, 0.1) is 0 Å². The zero-order valence-corrected chi connectivity index (χ0v) is 14.8. The zero-order chi connectivity index (χ0) is 17.0. The molecule has 0 saturated carbocycles. The number of nitrogens with zero attached hydrogens (tertiary/aromatic N) is 1. The molecule has 1 unspecified atom stereocenters. The molecule has 1 aliphatic heterocycles. The summed E-state index contributed by atoms with van der Waals surface area (Å²) in [4.78, 5) is 13.9. The van der Waals surface area contributed by atoms with Crippen LogP contribution in [0.3, 0.4) is 0 Å². The molecule has 4 heteroatoms. The molecule has 0 radical (unpaired) electrons. The Balaban J connectivity index is 1.98. The van der Waals surface area contributed by atoms with Crippen LogP contribution < -0.4 is 5.32 Å². The molecule has 1 amide bonds. The van der Waals surface area contributed by atoms with Crippen LogP contribution in [0.1, 0.15) is 52.6 Å². The summed E-state index contributed by atoms with van der Waals surface area (Å²) in [5.74, 6) is 0. The lowest BCUT2D eigenvalue weighted by molar-refractivity contribution is 0.0258. The molecule has 2 rings (SSSR count).